The molecule has 0 fully saturated rings. The lowest BCUT2D eigenvalue weighted by Crippen LogP contribution is -2.08. The van der Waals surface area contributed by atoms with E-state index in [9.17, 15) is 4.79 Å². The summed E-state index contributed by atoms with van der Waals surface area (Å²) in [7, 11) is 0. The summed E-state index contributed by atoms with van der Waals surface area (Å²) in [4.78, 5) is 10.9. The summed E-state index contributed by atoms with van der Waals surface area (Å²) in [5.41, 5.74) is 0.534. The molecule has 1 N–H and O–H groups in total. The number of nitrogens with one attached hydrogen (secondary N) is 1. The number of para-hydroxylation sites is 1. The molecule has 0 spiro atoms. The van der Waals surface area contributed by atoms with Crippen molar-refractivity contribution in [1.82, 2.24) is 10.2 Å². The van der Waals surface area contributed by atoms with Gasteiger partial charge in [0.05, 0.1) is 6.20 Å². The van der Waals surface area contributed by atoms with E-state index in [1.165, 1.54) is 6.07 Å². The second-order valence-electron chi connectivity index (χ2n) is 3.06. The Labute approximate surface area is 86.5 Å². The first-order chi connectivity index (χ1) is 7.34. The van der Waals surface area contributed by atoms with Gasteiger partial charge in [-0.05, 0) is 12.1 Å². The molecule has 4 heteroatoms. The Balaban J connectivity index is 2.02. The van der Waals surface area contributed by atoms with Crippen molar-refractivity contribution in [3.63, 3.8) is 0 Å². The third-order valence-corrected chi connectivity index (χ3v) is 1.87. The van der Waals surface area contributed by atoms with Crippen LogP contribution in [0.15, 0.2) is 47.4 Å². The standard InChI is InChI=1S/C11H10N2O2/c14-11-6-9(7-12-13-11)8-15-10-4-2-1-3-5-10/h1-7H,8H2,(H,13,14). The van der Waals surface area contributed by atoms with E-state index in [0.29, 0.717) is 6.61 Å². The van der Waals surface area contributed by atoms with Gasteiger partial charge in [0.15, 0.2) is 0 Å². The zero-order valence-electron chi connectivity index (χ0n) is 8.01. The van der Waals surface area contributed by atoms with Gasteiger partial charge in [0, 0.05) is 11.6 Å². The molecular formula is C11H10N2O2. The summed E-state index contributed by atoms with van der Waals surface area (Å²) in [5, 5.41) is 5.99. The van der Waals surface area contributed by atoms with Crippen molar-refractivity contribution in [2.24, 2.45) is 0 Å². The van der Waals surface area contributed by atoms with Crippen LogP contribution in [-0.2, 0) is 6.61 Å². The average molecular weight is 202 g/mol. The van der Waals surface area contributed by atoms with Gasteiger partial charge in [-0.2, -0.15) is 5.10 Å². The maximum absolute atomic E-state index is 10.9. The molecule has 0 saturated heterocycles. The van der Waals surface area contributed by atoms with Gasteiger partial charge in [-0.15, -0.1) is 0 Å². The summed E-state index contributed by atoms with van der Waals surface area (Å²) in [6, 6.07) is 10.9. The molecular weight excluding hydrogens is 192 g/mol. The Bertz CT molecular complexity index is 479. The minimum absolute atomic E-state index is 0.218. The van der Waals surface area contributed by atoms with Crippen LogP contribution in [-0.4, -0.2) is 10.2 Å². The Hall–Kier alpha value is -2.10. The minimum atomic E-state index is -0.218. The Morgan fingerprint density at radius 2 is 2.07 bits per heavy atom. The molecule has 15 heavy (non-hydrogen) atoms. The lowest BCUT2D eigenvalue weighted by atomic mass is 10.3. The quantitative estimate of drug-likeness (QED) is 0.817. The molecule has 76 valence electrons. The molecule has 1 aromatic carbocycles. The summed E-state index contributed by atoms with van der Waals surface area (Å²) < 4.78 is 5.45. The number of benzene rings is 1. The first kappa shape index (κ1) is 9.45. The Morgan fingerprint density at radius 3 is 2.80 bits per heavy atom. The number of H-pyrrole nitrogens is 1. The van der Waals surface area contributed by atoms with Crippen LogP contribution in [0.5, 0.6) is 5.75 Å². The van der Waals surface area contributed by atoms with E-state index in [2.05, 4.69) is 10.2 Å². The van der Waals surface area contributed by atoms with Crippen molar-refractivity contribution in [2.45, 2.75) is 6.61 Å². The van der Waals surface area contributed by atoms with Crippen LogP contribution in [0.25, 0.3) is 0 Å². The lowest BCUT2D eigenvalue weighted by molar-refractivity contribution is 0.305. The highest BCUT2D eigenvalue weighted by atomic mass is 16.5. The predicted octanol–water partition coefficient (Wildman–Crippen LogP) is 1.35. The fraction of sp³-hybridized carbons (Fsp3) is 0.0909. The van der Waals surface area contributed by atoms with Crippen molar-refractivity contribution in [3.8, 4) is 5.75 Å². The van der Waals surface area contributed by atoms with Crippen molar-refractivity contribution in [3.05, 3.63) is 58.5 Å². The maximum Gasteiger partial charge on any atom is 0.264 e. The second kappa shape index (κ2) is 4.41. The zero-order chi connectivity index (χ0) is 10.5. The largest absolute Gasteiger partial charge is 0.489 e. The fourth-order valence-electron chi connectivity index (χ4n) is 1.18. The Kier molecular flexibility index (Phi) is 2.78. The third-order valence-electron chi connectivity index (χ3n) is 1.87. The highest BCUT2D eigenvalue weighted by molar-refractivity contribution is 5.21. The zero-order valence-corrected chi connectivity index (χ0v) is 8.01. The maximum atomic E-state index is 10.9. The molecule has 4 nitrogen and oxygen atoms in total. The second-order valence-corrected chi connectivity index (χ2v) is 3.06. The molecule has 2 aromatic rings. The van der Waals surface area contributed by atoms with Crippen molar-refractivity contribution in [2.75, 3.05) is 0 Å². The van der Waals surface area contributed by atoms with Crippen LogP contribution in [0.2, 0.25) is 0 Å². The number of hydrogen-bond donors (Lipinski definition) is 1. The number of ether oxygens (including phenoxy) is 1. The van der Waals surface area contributed by atoms with Crippen LogP contribution in [0, 0.1) is 0 Å². The predicted molar refractivity (Wildman–Crippen MR) is 55.6 cm³/mol. The highest BCUT2D eigenvalue weighted by Gasteiger charge is 1.96. The monoisotopic (exact) mass is 202 g/mol. The van der Waals surface area contributed by atoms with Gasteiger partial charge in [0.2, 0.25) is 0 Å². The molecule has 2 rings (SSSR count). The first-order valence-electron chi connectivity index (χ1n) is 4.56. The number of aromatic nitrogens is 2. The van der Waals surface area contributed by atoms with Gasteiger partial charge in [-0.25, -0.2) is 5.10 Å². The SMILES string of the molecule is O=c1cc(COc2ccccc2)cn[nH]1. The summed E-state index contributed by atoms with van der Waals surface area (Å²) >= 11 is 0. The summed E-state index contributed by atoms with van der Waals surface area (Å²) in [6.07, 6.45) is 1.57. The van der Waals surface area contributed by atoms with E-state index in [4.69, 9.17) is 4.74 Å². The number of rotatable bonds is 3. The van der Waals surface area contributed by atoms with Gasteiger partial charge in [-0.3, -0.25) is 4.79 Å². The van der Waals surface area contributed by atoms with Crippen LogP contribution >= 0.6 is 0 Å². The molecule has 1 aromatic heterocycles. The summed E-state index contributed by atoms with van der Waals surface area (Å²) in [5.74, 6) is 0.776. The molecule has 0 saturated carbocycles. The van der Waals surface area contributed by atoms with E-state index < -0.39 is 0 Å². The fourth-order valence-corrected chi connectivity index (χ4v) is 1.18. The third kappa shape index (κ3) is 2.67. The lowest BCUT2D eigenvalue weighted by Gasteiger charge is -2.04. The molecule has 0 atom stereocenters. The van der Waals surface area contributed by atoms with Gasteiger partial charge in [0.1, 0.15) is 12.4 Å². The van der Waals surface area contributed by atoms with Gasteiger partial charge >= 0.3 is 0 Å². The Morgan fingerprint density at radius 1 is 1.27 bits per heavy atom. The summed E-state index contributed by atoms with van der Waals surface area (Å²) in [6.45, 7) is 0.348. The van der Waals surface area contributed by atoms with Crippen LogP contribution in [0.4, 0.5) is 0 Å². The van der Waals surface area contributed by atoms with Gasteiger partial charge < -0.3 is 4.74 Å². The molecule has 0 aliphatic heterocycles. The van der Waals surface area contributed by atoms with E-state index in [1.54, 1.807) is 6.20 Å². The number of nitrogens with zero attached hydrogens (tertiary/aromatic N) is 1. The highest BCUT2D eigenvalue weighted by Crippen LogP contribution is 2.10. The smallest absolute Gasteiger partial charge is 0.264 e. The first-order valence-corrected chi connectivity index (χ1v) is 4.56. The van der Waals surface area contributed by atoms with Crippen LogP contribution in [0.3, 0.4) is 0 Å². The molecule has 0 radical (unpaired) electrons. The number of aromatic amines is 1. The van der Waals surface area contributed by atoms with Crippen molar-refractivity contribution >= 4 is 0 Å². The van der Waals surface area contributed by atoms with E-state index in [-0.39, 0.29) is 5.56 Å². The van der Waals surface area contributed by atoms with Crippen LogP contribution in [0.1, 0.15) is 5.56 Å². The van der Waals surface area contributed by atoms with E-state index in [0.717, 1.165) is 11.3 Å². The van der Waals surface area contributed by atoms with E-state index >= 15 is 0 Å². The molecule has 0 unspecified atom stereocenters. The molecule has 1 heterocycles. The van der Waals surface area contributed by atoms with Crippen molar-refractivity contribution < 1.29 is 4.74 Å². The molecule has 0 aliphatic rings. The minimum Gasteiger partial charge on any atom is -0.489 e. The van der Waals surface area contributed by atoms with Gasteiger partial charge in [0.25, 0.3) is 5.56 Å². The molecule has 0 bridgehead atoms. The van der Waals surface area contributed by atoms with Crippen molar-refractivity contribution in [1.29, 1.82) is 0 Å². The molecule has 0 aliphatic carbocycles. The average Bonchev–Trinajstić information content (AvgIpc) is 2.28. The topological polar surface area (TPSA) is 55.0 Å². The molecule has 0 amide bonds. The number of hydrogen-bond acceptors (Lipinski definition) is 3. The van der Waals surface area contributed by atoms with Gasteiger partial charge in [-0.1, -0.05) is 18.2 Å². The normalized spacial score (nSPS) is 9.87. The van der Waals surface area contributed by atoms with Crippen LogP contribution < -0.4 is 10.3 Å². The van der Waals surface area contributed by atoms with E-state index in [1.807, 2.05) is 30.3 Å².